The number of aromatic amines is 1. The van der Waals surface area contributed by atoms with E-state index in [-0.39, 0.29) is 18.0 Å². The number of aryl methyl sites for hydroxylation is 2. The first-order valence-electron chi connectivity index (χ1n) is 8.54. The lowest BCUT2D eigenvalue weighted by molar-refractivity contribution is 0.0949. The second-order valence-corrected chi connectivity index (χ2v) is 6.46. The van der Waals surface area contributed by atoms with Crippen LogP contribution in [-0.2, 0) is 6.54 Å². The number of rotatable bonds is 4. The average Bonchev–Trinajstić information content (AvgIpc) is 2.59. The van der Waals surface area contributed by atoms with Gasteiger partial charge in [0.2, 0.25) is 5.95 Å². The van der Waals surface area contributed by atoms with E-state index < -0.39 is 0 Å². The smallest absolute Gasteiger partial charge is 0.255 e. The standard InChI is InChI=1S/C17H23N7O2/c1-11-14(10-19-17(20-11)24-6-4-23(3)5-7-24)16(26)18-9-13-8-15(25)22-12(2)21-13/h8,10H,4-7,9H2,1-3H3,(H,18,26)(H,21,22,25). The zero-order chi connectivity index (χ0) is 18.7. The van der Waals surface area contributed by atoms with E-state index in [0.717, 1.165) is 26.2 Å². The maximum absolute atomic E-state index is 12.4. The molecule has 9 heteroatoms. The predicted octanol–water partition coefficient (Wildman–Crippen LogP) is -0.141. The third-order valence-electron chi connectivity index (χ3n) is 4.34. The SMILES string of the molecule is Cc1nc(CNC(=O)c2cnc(N3CCN(C)CC3)nc2C)cc(=O)[nH]1. The van der Waals surface area contributed by atoms with E-state index in [1.165, 1.54) is 6.07 Å². The molecule has 0 aromatic carbocycles. The molecule has 3 heterocycles. The number of likely N-dealkylation sites (N-methyl/N-ethyl adjacent to an activating group) is 1. The lowest BCUT2D eigenvalue weighted by Gasteiger charge is -2.32. The summed E-state index contributed by atoms with van der Waals surface area (Å²) in [7, 11) is 2.09. The zero-order valence-corrected chi connectivity index (χ0v) is 15.2. The van der Waals surface area contributed by atoms with Crippen LogP contribution in [0.25, 0.3) is 0 Å². The molecule has 1 aliphatic heterocycles. The van der Waals surface area contributed by atoms with Crippen LogP contribution in [0.3, 0.4) is 0 Å². The first-order chi connectivity index (χ1) is 12.4. The fourth-order valence-electron chi connectivity index (χ4n) is 2.83. The molecule has 2 N–H and O–H groups in total. The summed E-state index contributed by atoms with van der Waals surface area (Å²) in [6.07, 6.45) is 1.56. The minimum absolute atomic E-state index is 0.170. The fraction of sp³-hybridized carbons (Fsp3) is 0.471. The molecule has 1 amide bonds. The van der Waals surface area contributed by atoms with E-state index in [9.17, 15) is 9.59 Å². The van der Waals surface area contributed by atoms with Gasteiger partial charge in [-0.3, -0.25) is 9.59 Å². The highest BCUT2D eigenvalue weighted by molar-refractivity contribution is 5.94. The van der Waals surface area contributed by atoms with Crippen molar-refractivity contribution in [1.29, 1.82) is 0 Å². The summed E-state index contributed by atoms with van der Waals surface area (Å²) in [5.41, 5.74) is 1.32. The van der Waals surface area contributed by atoms with E-state index in [1.807, 2.05) is 0 Å². The topological polar surface area (TPSA) is 107 Å². The van der Waals surface area contributed by atoms with Gasteiger partial charge in [-0.2, -0.15) is 0 Å². The number of hydrogen-bond donors (Lipinski definition) is 2. The lowest BCUT2D eigenvalue weighted by atomic mass is 10.2. The van der Waals surface area contributed by atoms with Crippen LogP contribution in [0, 0.1) is 13.8 Å². The van der Waals surface area contributed by atoms with Crippen molar-refractivity contribution in [3.05, 3.63) is 45.4 Å². The number of H-pyrrole nitrogens is 1. The number of hydrogen-bond acceptors (Lipinski definition) is 7. The Balaban J connectivity index is 1.66. The van der Waals surface area contributed by atoms with Gasteiger partial charge in [0, 0.05) is 38.4 Å². The summed E-state index contributed by atoms with van der Waals surface area (Å²) in [5, 5.41) is 2.76. The quantitative estimate of drug-likeness (QED) is 0.784. The van der Waals surface area contributed by atoms with Gasteiger partial charge in [0.25, 0.3) is 11.5 Å². The highest BCUT2D eigenvalue weighted by Crippen LogP contribution is 2.13. The van der Waals surface area contributed by atoms with E-state index in [0.29, 0.717) is 28.7 Å². The summed E-state index contributed by atoms with van der Waals surface area (Å²) in [5.74, 6) is 0.879. The van der Waals surface area contributed by atoms with Crippen molar-refractivity contribution in [1.82, 2.24) is 30.2 Å². The van der Waals surface area contributed by atoms with Crippen LogP contribution in [0.15, 0.2) is 17.1 Å². The predicted molar refractivity (Wildman–Crippen MR) is 97.2 cm³/mol. The van der Waals surface area contributed by atoms with E-state index >= 15 is 0 Å². The van der Waals surface area contributed by atoms with E-state index in [1.54, 1.807) is 20.0 Å². The first kappa shape index (κ1) is 18.0. The fourth-order valence-corrected chi connectivity index (χ4v) is 2.83. The van der Waals surface area contributed by atoms with Crippen LogP contribution in [-0.4, -0.2) is 64.0 Å². The number of carbonyl (C=O) groups is 1. The van der Waals surface area contributed by atoms with Gasteiger partial charge < -0.3 is 20.1 Å². The molecule has 0 saturated carbocycles. The zero-order valence-electron chi connectivity index (χ0n) is 15.2. The molecule has 1 fully saturated rings. The number of nitrogens with zero attached hydrogens (tertiary/aromatic N) is 5. The number of amides is 1. The summed E-state index contributed by atoms with van der Waals surface area (Å²) in [6.45, 7) is 7.33. The molecule has 1 aliphatic rings. The molecule has 0 spiro atoms. The maximum Gasteiger partial charge on any atom is 0.255 e. The van der Waals surface area contributed by atoms with Gasteiger partial charge in [-0.1, -0.05) is 0 Å². The molecule has 26 heavy (non-hydrogen) atoms. The number of piperazine rings is 1. The number of carbonyl (C=O) groups excluding carboxylic acids is 1. The summed E-state index contributed by atoms with van der Waals surface area (Å²) < 4.78 is 0. The summed E-state index contributed by atoms with van der Waals surface area (Å²) in [4.78, 5) is 43.9. The molecule has 0 bridgehead atoms. The maximum atomic E-state index is 12.4. The van der Waals surface area contributed by atoms with Gasteiger partial charge in [-0.15, -0.1) is 0 Å². The Labute approximate surface area is 151 Å². The van der Waals surface area contributed by atoms with E-state index in [2.05, 4.69) is 42.1 Å². The number of aromatic nitrogens is 4. The minimum atomic E-state index is -0.285. The molecule has 9 nitrogen and oxygen atoms in total. The van der Waals surface area contributed by atoms with Gasteiger partial charge in [-0.05, 0) is 20.9 Å². The van der Waals surface area contributed by atoms with Crippen LogP contribution < -0.4 is 15.8 Å². The minimum Gasteiger partial charge on any atom is -0.346 e. The van der Waals surface area contributed by atoms with Crippen molar-refractivity contribution in [2.24, 2.45) is 0 Å². The van der Waals surface area contributed by atoms with Crippen LogP contribution in [0.4, 0.5) is 5.95 Å². The monoisotopic (exact) mass is 357 g/mol. The van der Waals surface area contributed by atoms with Crippen molar-refractivity contribution in [2.75, 3.05) is 38.1 Å². The molecular formula is C17H23N7O2. The third-order valence-corrected chi connectivity index (χ3v) is 4.34. The molecule has 0 unspecified atom stereocenters. The molecule has 0 radical (unpaired) electrons. The Kier molecular flexibility index (Phi) is 5.27. The number of anilines is 1. The highest BCUT2D eigenvalue weighted by Gasteiger charge is 2.18. The molecule has 0 aliphatic carbocycles. The molecular weight excluding hydrogens is 334 g/mol. The molecule has 2 aromatic heterocycles. The van der Waals surface area contributed by atoms with Gasteiger partial charge >= 0.3 is 0 Å². The van der Waals surface area contributed by atoms with Gasteiger partial charge in [0.05, 0.1) is 23.5 Å². The Hall–Kier alpha value is -2.81. The molecule has 3 rings (SSSR count). The van der Waals surface area contributed by atoms with Crippen LogP contribution in [0.1, 0.15) is 27.6 Å². The largest absolute Gasteiger partial charge is 0.346 e. The lowest BCUT2D eigenvalue weighted by Crippen LogP contribution is -2.45. The van der Waals surface area contributed by atoms with Gasteiger partial charge in [0.15, 0.2) is 0 Å². The van der Waals surface area contributed by atoms with Crippen LogP contribution in [0.2, 0.25) is 0 Å². The molecule has 138 valence electrons. The normalized spacial score (nSPS) is 15.1. The van der Waals surface area contributed by atoms with Crippen molar-refractivity contribution in [3.63, 3.8) is 0 Å². The highest BCUT2D eigenvalue weighted by atomic mass is 16.1. The van der Waals surface area contributed by atoms with Crippen molar-refractivity contribution < 1.29 is 4.79 Å². The van der Waals surface area contributed by atoms with Gasteiger partial charge in [0.1, 0.15) is 5.82 Å². The van der Waals surface area contributed by atoms with Crippen molar-refractivity contribution in [3.8, 4) is 0 Å². The molecule has 1 saturated heterocycles. The number of nitrogens with one attached hydrogen (secondary N) is 2. The third kappa shape index (κ3) is 4.23. The Morgan fingerprint density at radius 1 is 1.23 bits per heavy atom. The Morgan fingerprint density at radius 2 is 1.96 bits per heavy atom. The average molecular weight is 357 g/mol. The molecule has 0 atom stereocenters. The second kappa shape index (κ2) is 7.61. The van der Waals surface area contributed by atoms with Crippen LogP contribution in [0.5, 0.6) is 0 Å². The van der Waals surface area contributed by atoms with Crippen molar-refractivity contribution >= 4 is 11.9 Å². The summed E-state index contributed by atoms with van der Waals surface area (Å²) >= 11 is 0. The van der Waals surface area contributed by atoms with Crippen molar-refractivity contribution in [2.45, 2.75) is 20.4 Å². The van der Waals surface area contributed by atoms with Crippen LogP contribution >= 0.6 is 0 Å². The van der Waals surface area contributed by atoms with E-state index in [4.69, 9.17) is 0 Å². The molecule has 2 aromatic rings. The Bertz CT molecular complexity index is 856. The second-order valence-electron chi connectivity index (χ2n) is 6.46. The summed E-state index contributed by atoms with van der Waals surface area (Å²) in [6, 6.07) is 1.37. The Morgan fingerprint density at radius 3 is 2.62 bits per heavy atom. The first-order valence-corrected chi connectivity index (χ1v) is 8.54. The van der Waals surface area contributed by atoms with Gasteiger partial charge in [-0.25, -0.2) is 15.0 Å².